The summed E-state index contributed by atoms with van der Waals surface area (Å²) in [6.45, 7) is 4.48. The fourth-order valence-corrected chi connectivity index (χ4v) is 2.92. The lowest BCUT2D eigenvalue weighted by atomic mass is 9.95. The van der Waals surface area contributed by atoms with Gasteiger partial charge in [0, 0.05) is 12.6 Å². The number of anilines is 1. The van der Waals surface area contributed by atoms with Crippen LogP contribution in [0.15, 0.2) is 0 Å². The van der Waals surface area contributed by atoms with Crippen LogP contribution in [0, 0.1) is 11.8 Å². The molecule has 2 rings (SSSR count). The second kappa shape index (κ2) is 5.11. The SMILES string of the molecule is CC(C)Cc1c(CC2CCCC2)nn(C)c1N. The molecule has 0 amide bonds. The van der Waals surface area contributed by atoms with Crippen molar-refractivity contribution in [2.75, 3.05) is 5.73 Å². The Labute approximate surface area is 104 Å². The van der Waals surface area contributed by atoms with E-state index < -0.39 is 0 Å². The molecule has 17 heavy (non-hydrogen) atoms. The highest BCUT2D eigenvalue weighted by atomic mass is 15.3. The molecule has 3 heteroatoms. The molecular formula is C14H25N3. The van der Waals surface area contributed by atoms with Gasteiger partial charge in [0.1, 0.15) is 5.82 Å². The minimum Gasteiger partial charge on any atom is -0.384 e. The van der Waals surface area contributed by atoms with Gasteiger partial charge in [-0.05, 0) is 24.7 Å². The quantitative estimate of drug-likeness (QED) is 0.872. The van der Waals surface area contributed by atoms with Gasteiger partial charge in [-0.1, -0.05) is 39.5 Å². The average Bonchev–Trinajstić information content (AvgIpc) is 2.83. The molecule has 1 aliphatic carbocycles. The van der Waals surface area contributed by atoms with Crippen LogP contribution in [0.3, 0.4) is 0 Å². The third kappa shape index (κ3) is 2.82. The molecule has 1 aliphatic rings. The Morgan fingerprint density at radius 1 is 1.35 bits per heavy atom. The number of nitrogen functional groups attached to an aromatic ring is 1. The van der Waals surface area contributed by atoms with Crippen molar-refractivity contribution in [3.63, 3.8) is 0 Å². The largest absolute Gasteiger partial charge is 0.384 e. The van der Waals surface area contributed by atoms with Crippen LogP contribution in [0.5, 0.6) is 0 Å². The lowest BCUT2D eigenvalue weighted by molar-refractivity contribution is 0.529. The molecular weight excluding hydrogens is 210 g/mol. The zero-order valence-electron chi connectivity index (χ0n) is 11.4. The Kier molecular flexibility index (Phi) is 3.75. The van der Waals surface area contributed by atoms with Crippen molar-refractivity contribution in [3.05, 3.63) is 11.3 Å². The second-order valence-corrected chi connectivity index (χ2v) is 5.89. The lowest BCUT2D eigenvalue weighted by Crippen LogP contribution is -2.05. The van der Waals surface area contributed by atoms with Crippen molar-refractivity contribution < 1.29 is 0 Å². The van der Waals surface area contributed by atoms with Gasteiger partial charge in [-0.2, -0.15) is 5.10 Å². The highest BCUT2D eigenvalue weighted by molar-refractivity contribution is 5.43. The van der Waals surface area contributed by atoms with Crippen LogP contribution in [0.2, 0.25) is 0 Å². The fraction of sp³-hybridized carbons (Fsp3) is 0.786. The van der Waals surface area contributed by atoms with E-state index in [1.165, 1.54) is 36.9 Å². The Bertz CT molecular complexity index is 373. The number of aryl methyl sites for hydroxylation is 1. The molecule has 0 aliphatic heterocycles. The molecule has 0 radical (unpaired) electrons. The van der Waals surface area contributed by atoms with Crippen LogP contribution in [0.1, 0.15) is 50.8 Å². The number of nitrogens with zero attached hydrogens (tertiary/aromatic N) is 2. The maximum atomic E-state index is 6.13. The molecule has 0 saturated heterocycles. The Hall–Kier alpha value is -0.990. The summed E-state index contributed by atoms with van der Waals surface area (Å²) in [5, 5.41) is 4.62. The molecule has 2 N–H and O–H groups in total. The first-order chi connectivity index (χ1) is 8.08. The maximum Gasteiger partial charge on any atom is 0.124 e. The van der Waals surface area contributed by atoms with Crippen LogP contribution >= 0.6 is 0 Å². The lowest BCUT2D eigenvalue weighted by Gasteiger charge is -2.10. The summed E-state index contributed by atoms with van der Waals surface area (Å²) in [7, 11) is 1.96. The minimum absolute atomic E-state index is 0.642. The van der Waals surface area contributed by atoms with E-state index in [4.69, 9.17) is 5.73 Å². The van der Waals surface area contributed by atoms with E-state index in [1.807, 2.05) is 11.7 Å². The monoisotopic (exact) mass is 235 g/mol. The summed E-state index contributed by atoms with van der Waals surface area (Å²) in [4.78, 5) is 0. The van der Waals surface area contributed by atoms with Crippen molar-refractivity contribution in [1.29, 1.82) is 0 Å². The Morgan fingerprint density at radius 2 is 2.00 bits per heavy atom. The van der Waals surface area contributed by atoms with Crippen molar-refractivity contribution in [2.24, 2.45) is 18.9 Å². The van der Waals surface area contributed by atoms with Crippen LogP contribution in [0.25, 0.3) is 0 Å². The predicted octanol–water partition coefficient (Wildman–Crippen LogP) is 2.93. The smallest absolute Gasteiger partial charge is 0.124 e. The zero-order chi connectivity index (χ0) is 12.4. The average molecular weight is 235 g/mol. The normalized spacial score (nSPS) is 17.2. The van der Waals surface area contributed by atoms with Crippen LogP contribution < -0.4 is 5.73 Å². The van der Waals surface area contributed by atoms with Gasteiger partial charge in [0.05, 0.1) is 5.69 Å². The highest BCUT2D eigenvalue weighted by Gasteiger charge is 2.21. The predicted molar refractivity (Wildman–Crippen MR) is 71.8 cm³/mol. The van der Waals surface area contributed by atoms with Gasteiger partial charge in [0.25, 0.3) is 0 Å². The third-order valence-electron chi connectivity index (χ3n) is 3.85. The first-order valence-electron chi connectivity index (χ1n) is 6.88. The van der Waals surface area contributed by atoms with Gasteiger partial charge in [-0.25, -0.2) is 0 Å². The summed E-state index contributed by atoms with van der Waals surface area (Å²) in [6.07, 6.45) is 7.73. The van der Waals surface area contributed by atoms with Crippen molar-refractivity contribution in [3.8, 4) is 0 Å². The molecule has 0 aromatic carbocycles. The topological polar surface area (TPSA) is 43.8 Å². The maximum absolute atomic E-state index is 6.13. The molecule has 1 fully saturated rings. The van der Waals surface area contributed by atoms with Gasteiger partial charge in [-0.15, -0.1) is 0 Å². The number of hydrogen-bond donors (Lipinski definition) is 1. The first-order valence-corrected chi connectivity index (χ1v) is 6.88. The molecule has 1 saturated carbocycles. The van der Waals surface area contributed by atoms with Crippen LogP contribution in [0.4, 0.5) is 5.82 Å². The van der Waals surface area contributed by atoms with Crippen molar-refractivity contribution in [2.45, 2.75) is 52.4 Å². The summed E-state index contributed by atoms with van der Waals surface area (Å²) >= 11 is 0. The second-order valence-electron chi connectivity index (χ2n) is 5.89. The van der Waals surface area contributed by atoms with E-state index in [0.29, 0.717) is 5.92 Å². The number of hydrogen-bond acceptors (Lipinski definition) is 2. The van der Waals surface area contributed by atoms with E-state index in [9.17, 15) is 0 Å². The van der Waals surface area contributed by atoms with Gasteiger partial charge < -0.3 is 5.73 Å². The van der Waals surface area contributed by atoms with Gasteiger partial charge in [0.15, 0.2) is 0 Å². The number of aromatic nitrogens is 2. The highest BCUT2D eigenvalue weighted by Crippen LogP contribution is 2.30. The zero-order valence-corrected chi connectivity index (χ0v) is 11.4. The van der Waals surface area contributed by atoms with Crippen molar-refractivity contribution in [1.82, 2.24) is 9.78 Å². The molecule has 0 unspecified atom stereocenters. The standard InChI is InChI=1S/C14H25N3/c1-10(2)8-12-13(16-17(3)14(12)15)9-11-6-4-5-7-11/h10-11H,4-9,15H2,1-3H3. The number of rotatable bonds is 4. The molecule has 0 atom stereocenters. The molecule has 3 nitrogen and oxygen atoms in total. The summed E-state index contributed by atoms with van der Waals surface area (Å²) in [5.41, 5.74) is 8.68. The molecule has 0 bridgehead atoms. The Balaban J connectivity index is 2.16. The van der Waals surface area contributed by atoms with Crippen molar-refractivity contribution >= 4 is 5.82 Å². The Morgan fingerprint density at radius 3 is 2.59 bits per heavy atom. The molecule has 96 valence electrons. The van der Waals surface area contributed by atoms with Gasteiger partial charge in [0.2, 0.25) is 0 Å². The molecule has 1 aromatic heterocycles. The van der Waals surface area contributed by atoms with Crippen LogP contribution in [-0.4, -0.2) is 9.78 Å². The van der Waals surface area contributed by atoms with Gasteiger partial charge >= 0.3 is 0 Å². The van der Waals surface area contributed by atoms with E-state index in [1.54, 1.807) is 0 Å². The van der Waals surface area contributed by atoms with E-state index in [2.05, 4.69) is 18.9 Å². The number of nitrogens with two attached hydrogens (primary N) is 1. The molecule has 1 aromatic rings. The minimum atomic E-state index is 0.642. The van der Waals surface area contributed by atoms with E-state index in [0.717, 1.165) is 24.6 Å². The van der Waals surface area contributed by atoms with Crippen LogP contribution in [-0.2, 0) is 19.9 Å². The first kappa shape index (κ1) is 12.5. The molecule has 0 spiro atoms. The third-order valence-corrected chi connectivity index (χ3v) is 3.85. The fourth-order valence-electron chi connectivity index (χ4n) is 2.92. The van der Waals surface area contributed by atoms with E-state index in [-0.39, 0.29) is 0 Å². The summed E-state index contributed by atoms with van der Waals surface area (Å²) in [5.74, 6) is 2.35. The summed E-state index contributed by atoms with van der Waals surface area (Å²) in [6, 6.07) is 0. The van der Waals surface area contributed by atoms with E-state index >= 15 is 0 Å². The van der Waals surface area contributed by atoms with Gasteiger partial charge in [-0.3, -0.25) is 4.68 Å². The summed E-state index contributed by atoms with van der Waals surface area (Å²) < 4.78 is 1.85. The molecule has 1 heterocycles.